The molecule has 0 aliphatic heterocycles. The van der Waals surface area contributed by atoms with Gasteiger partial charge in [-0.05, 0) is 64.2 Å². The Labute approximate surface area is 146 Å². The molecule has 0 saturated carbocycles. The van der Waals surface area contributed by atoms with Crippen LogP contribution in [0.5, 0.6) is 5.75 Å². The van der Waals surface area contributed by atoms with Gasteiger partial charge in [0, 0.05) is 16.5 Å². The number of ether oxygens (including phenoxy) is 2. The molecule has 1 aliphatic carbocycles. The van der Waals surface area contributed by atoms with Gasteiger partial charge in [0.05, 0.1) is 6.10 Å². The number of carbonyl (C=O) groups is 1. The normalized spacial score (nSPS) is 15.7. The molecule has 134 valence electrons. The number of fused-ring (bicyclic) bond motifs is 3. The minimum Gasteiger partial charge on any atom is -0.479 e. The van der Waals surface area contributed by atoms with Gasteiger partial charge in [0.2, 0.25) is 0 Å². The van der Waals surface area contributed by atoms with Crippen molar-refractivity contribution in [1.82, 2.24) is 0 Å². The van der Waals surface area contributed by atoms with Crippen LogP contribution in [0.15, 0.2) is 21.3 Å². The maximum atomic E-state index is 12.2. The highest BCUT2D eigenvalue weighted by molar-refractivity contribution is 5.86. The molecular weight excluding hydrogens is 320 g/mol. The Hall–Kier alpha value is -2.30. The monoisotopic (exact) mass is 344 g/mol. The van der Waals surface area contributed by atoms with E-state index in [-0.39, 0.29) is 11.7 Å². The van der Waals surface area contributed by atoms with Crippen LogP contribution in [0, 0.1) is 6.92 Å². The van der Waals surface area contributed by atoms with Crippen LogP contribution in [-0.2, 0) is 22.4 Å². The zero-order valence-corrected chi connectivity index (χ0v) is 15.2. The molecule has 0 N–H and O–H groups in total. The number of esters is 1. The average Bonchev–Trinajstić information content (AvgIpc) is 3.08. The molecule has 0 amide bonds. The topological polar surface area (TPSA) is 65.7 Å². The van der Waals surface area contributed by atoms with Gasteiger partial charge < -0.3 is 13.9 Å². The van der Waals surface area contributed by atoms with E-state index in [4.69, 9.17) is 13.9 Å². The lowest BCUT2D eigenvalue weighted by Crippen LogP contribution is -2.29. The maximum Gasteiger partial charge on any atom is 0.347 e. The van der Waals surface area contributed by atoms with Crippen LogP contribution in [-0.4, -0.2) is 18.2 Å². The highest BCUT2D eigenvalue weighted by Crippen LogP contribution is 2.33. The van der Waals surface area contributed by atoms with Crippen LogP contribution in [0.25, 0.3) is 11.0 Å². The number of benzene rings is 1. The summed E-state index contributed by atoms with van der Waals surface area (Å²) in [5.41, 5.74) is 2.90. The Balaban J connectivity index is 1.91. The lowest BCUT2D eigenvalue weighted by Gasteiger charge is -2.18. The van der Waals surface area contributed by atoms with E-state index in [0.717, 1.165) is 47.8 Å². The molecule has 1 aromatic heterocycles. The summed E-state index contributed by atoms with van der Waals surface area (Å²) in [5.74, 6) is 0.131. The Morgan fingerprint density at radius 2 is 1.96 bits per heavy atom. The van der Waals surface area contributed by atoms with Crippen LogP contribution >= 0.6 is 0 Å². The number of hydrogen-bond donors (Lipinski definition) is 0. The molecule has 3 rings (SSSR count). The van der Waals surface area contributed by atoms with E-state index in [0.29, 0.717) is 11.3 Å². The van der Waals surface area contributed by atoms with Crippen molar-refractivity contribution < 1.29 is 18.7 Å². The number of aryl methyl sites for hydroxylation is 2. The van der Waals surface area contributed by atoms with Gasteiger partial charge in [-0.15, -0.1) is 0 Å². The minimum absolute atomic E-state index is 0.142. The van der Waals surface area contributed by atoms with Crippen LogP contribution in [0.1, 0.15) is 50.3 Å². The van der Waals surface area contributed by atoms with Gasteiger partial charge in [-0.1, -0.05) is 6.92 Å². The number of carbonyl (C=O) groups excluding carboxylic acids is 1. The lowest BCUT2D eigenvalue weighted by atomic mass is 10.0. The summed E-state index contributed by atoms with van der Waals surface area (Å²) in [6.07, 6.45) is 2.54. The maximum absolute atomic E-state index is 12.2. The molecule has 0 unspecified atom stereocenters. The highest BCUT2D eigenvalue weighted by atomic mass is 16.6. The summed E-state index contributed by atoms with van der Waals surface area (Å²) in [5, 5.41) is 0.965. The first-order valence-corrected chi connectivity index (χ1v) is 8.87. The van der Waals surface area contributed by atoms with Crippen LogP contribution < -0.4 is 10.4 Å². The quantitative estimate of drug-likeness (QED) is 0.611. The fourth-order valence-electron chi connectivity index (χ4n) is 3.21. The molecule has 0 saturated heterocycles. The van der Waals surface area contributed by atoms with Crippen LogP contribution in [0.2, 0.25) is 0 Å². The summed E-state index contributed by atoms with van der Waals surface area (Å²) >= 11 is 0. The fourth-order valence-corrected chi connectivity index (χ4v) is 3.21. The third-order valence-corrected chi connectivity index (χ3v) is 4.87. The second kappa shape index (κ2) is 6.90. The van der Waals surface area contributed by atoms with Crippen molar-refractivity contribution in [2.24, 2.45) is 0 Å². The Morgan fingerprint density at radius 3 is 2.68 bits per heavy atom. The molecule has 0 bridgehead atoms. The average molecular weight is 344 g/mol. The molecule has 25 heavy (non-hydrogen) atoms. The van der Waals surface area contributed by atoms with Gasteiger partial charge in [0.25, 0.3) is 0 Å². The molecule has 5 heteroatoms. The van der Waals surface area contributed by atoms with Crippen molar-refractivity contribution in [2.75, 3.05) is 0 Å². The van der Waals surface area contributed by atoms with Crippen molar-refractivity contribution >= 4 is 16.9 Å². The second-order valence-electron chi connectivity index (χ2n) is 6.68. The molecule has 1 aliphatic rings. The summed E-state index contributed by atoms with van der Waals surface area (Å²) < 4.78 is 16.6. The van der Waals surface area contributed by atoms with Crippen molar-refractivity contribution in [1.29, 1.82) is 0 Å². The van der Waals surface area contributed by atoms with Gasteiger partial charge in [0.15, 0.2) is 6.10 Å². The van der Waals surface area contributed by atoms with Crippen molar-refractivity contribution in [3.05, 3.63) is 39.2 Å². The van der Waals surface area contributed by atoms with Gasteiger partial charge in [-0.25, -0.2) is 9.59 Å². The molecular formula is C20H24O5. The number of hydrogen-bond acceptors (Lipinski definition) is 5. The summed E-state index contributed by atoms with van der Waals surface area (Å²) in [6, 6.07) is 3.75. The van der Waals surface area contributed by atoms with Crippen molar-refractivity contribution in [3.8, 4) is 5.75 Å². The van der Waals surface area contributed by atoms with Crippen molar-refractivity contribution in [2.45, 2.75) is 65.6 Å². The van der Waals surface area contributed by atoms with E-state index in [2.05, 4.69) is 0 Å². The van der Waals surface area contributed by atoms with Crippen LogP contribution in [0.4, 0.5) is 0 Å². The lowest BCUT2D eigenvalue weighted by molar-refractivity contribution is -0.155. The molecule has 5 nitrogen and oxygen atoms in total. The smallest absolute Gasteiger partial charge is 0.347 e. The second-order valence-corrected chi connectivity index (χ2v) is 6.68. The largest absolute Gasteiger partial charge is 0.479 e. The van der Waals surface area contributed by atoms with Gasteiger partial charge in [0.1, 0.15) is 11.3 Å². The van der Waals surface area contributed by atoms with Gasteiger partial charge in [-0.3, -0.25) is 0 Å². The summed E-state index contributed by atoms with van der Waals surface area (Å²) in [7, 11) is 0. The molecule has 2 atom stereocenters. The standard InChI is InChI=1S/C20H24O5/c1-5-11(2)23-19(21)13(4)24-17-10-9-15-14-7-6-8-16(14)20(22)25-18(15)12(17)3/h9-11,13H,5-8H2,1-4H3/t11-,13-/m0/s1. The van der Waals surface area contributed by atoms with Gasteiger partial charge in [-0.2, -0.15) is 0 Å². The SMILES string of the molecule is CC[C@H](C)OC(=O)[C@H](C)Oc1ccc2c3c(c(=O)oc2c1C)CCC3. The Kier molecular flexibility index (Phi) is 4.84. The van der Waals surface area contributed by atoms with E-state index in [1.165, 1.54) is 0 Å². The first-order valence-electron chi connectivity index (χ1n) is 8.87. The van der Waals surface area contributed by atoms with Crippen LogP contribution in [0.3, 0.4) is 0 Å². The Bertz CT molecular complexity index is 864. The zero-order chi connectivity index (χ0) is 18.1. The van der Waals surface area contributed by atoms with Gasteiger partial charge >= 0.3 is 11.6 Å². The molecule has 0 radical (unpaired) electrons. The molecule has 2 aromatic rings. The van der Waals surface area contributed by atoms with E-state index in [1.807, 2.05) is 32.9 Å². The van der Waals surface area contributed by atoms with Crippen molar-refractivity contribution in [3.63, 3.8) is 0 Å². The molecule has 0 spiro atoms. The third-order valence-electron chi connectivity index (χ3n) is 4.87. The number of rotatable bonds is 5. The minimum atomic E-state index is -0.730. The fraction of sp³-hybridized carbons (Fsp3) is 0.500. The summed E-state index contributed by atoms with van der Waals surface area (Å²) in [6.45, 7) is 7.31. The third kappa shape index (κ3) is 3.28. The van der Waals surface area contributed by atoms with E-state index < -0.39 is 12.1 Å². The van der Waals surface area contributed by atoms with E-state index in [9.17, 15) is 9.59 Å². The summed E-state index contributed by atoms with van der Waals surface area (Å²) in [4.78, 5) is 24.3. The van der Waals surface area contributed by atoms with E-state index in [1.54, 1.807) is 6.92 Å². The predicted octanol–water partition coefficient (Wildman–Crippen LogP) is 3.70. The molecule has 0 fully saturated rings. The first kappa shape index (κ1) is 17.5. The molecule has 1 aromatic carbocycles. The highest BCUT2D eigenvalue weighted by Gasteiger charge is 2.23. The molecule has 1 heterocycles. The van der Waals surface area contributed by atoms with E-state index >= 15 is 0 Å². The first-order chi connectivity index (χ1) is 11.9. The Morgan fingerprint density at radius 1 is 1.24 bits per heavy atom. The zero-order valence-electron chi connectivity index (χ0n) is 15.2. The predicted molar refractivity (Wildman–Crippen MR) is 95.2 cm³/mol.